The van der Waals surface area contributed by atoms with Crippen molar-refractivity contribution < 1.29 is 9.52 Å². The van der Waals surface area contributed by atoms with Gasteiger partial charge >= 0.3 is 5.63 Å². The van der Waals surface area contributed by atoms with Crippen LogP contribution in [-0.2, 0) is 6.54 Å². The summed E-state index contributed by atoms with van der Waals surface area (Å²) in [4.78, 5) is 24.3. The Hall–Kier alpha value is -2.82. The Kier molecular flexibility index (Phi) is 3.33. The first-order chi connectivity index (χ1) is 10.5. The van der Waals surface area contributed by atoms with Gasteiger partial charge in [-0.3, -0.25) is 4.79 Å². The lowest BCUT2D eigenvalue weighted by molar-refractivity contribution is 0.459. The average Bonchev–Trinajstić information content (AvgIpc) is 2.50. The molecule has 0 fully saturated rings. The topological polar surface area (TPSA) is 72.4 Å². The van der Waals surface area contributed by atoms with Crippen molar-refractivity contribution >= 4 is 11.0 Å². The molecule has 0 radical (unpaired) electrons. The van der Waals surface area contributed by atoms with Crippen molar-refractivity contribution in [3.8, 4) is 5.75 Å². The minimum absolute atomic E-state index is 0.0404. The number of aromatic nitrogens is 1. The Bertz CT molecular complexity index is 968. The second kappa shape index (κ2) is 5.18. The van der Waals surface area contributed by atoms with Gasteiger partial charge in [-0.1, -0.05) is 30.3 Å². The molecule has 0 unspecified atom stereocenters. The fourth-order valence-corrected chi connectivity index (χ4v) is 2.46. The van der Waals surface area contributed by atoms with Crippen molar-refractivity contribution in [1.29, 1.82) is 0 Å². The van der Waals surface area contributed by atoms with Gasteiger partial charge < -0.3 is 14.1 Å². The van der Waals surface area contributed by atoms with Crippen LogP contribution >= 0.6 is 0 Å². The fourth-order valence-electron chi connectivity index (χ4n) is 2.46. The van der Waals surface area contributed by atoms with Gasteiger partial charge in [0.1, 0.15) is 16.7 Å². The average molecular weight is 297 g/mol. The molecule has 0 aliphatic rings. The van der Waals surface area contributed by atoms with Crippen LogP contribution in [0.5, 0.6) is 5.75 Å². The summed E-state index contributed by atoms with van der Waals surface area (Å²) in [6, 6.07) is 11.1. The van der Waals surface area contributed by atoms with E-state index >= 15 is 0 Å². The zero-order chi connectivity index (χ0) is 15.9. The number of nitrogens with zero attached hydrogens (tertiary/aromatic N) is 1. The summed E-state index contributed by atoms with van der Waals surface area (Å²) in [5.74, 6) is -0.307. The van der Waals surface area contributed by atoms with Gasteiger partial charge in [-0.2, -0.15) is 0 Å². The van der Waals surface area contributed by atoms with E-state index in [0.717, 1.165) is 5.56 Å². The summed E-state index contributed by atoms with van der Waals surface area (Å²) in [6.07, 6.45) is 0. The van der Waals surface area contributed by atoms with Crippen molar-refractivity contribution in [3.63, 3.8) is 0 Å². The highest BCUT2D eigenvalue weighted by atomic mass is 16.4. The Morgan fingerprint density at radius 3 is 2.50 bits per heavy atom. The predicted molar refractivity (Wildman–Crippen MR) is 83.4 cm³/mol. The summed E-state index contributed by atoms with van der Waals surface area (Å²) in [6.45, 7) is 3.58. The zero-order valence-electron chi connectivity index (χ0n) is 12.3. The number of hydrogen-bond acceptors (Lipinski definition) is 4. The van der Waals surface area contributed by atoms with Gasteiger partial charge in [0.25, 0.3) is 5.56 Å². The number of fused-ring (bicyclic) bond motifs is 1. The van der Waals surface area contributed by atoms with Crippen molar-refractivity contribution in [2.24, 2.45) is 0 Å². The molecule has 1 aromatic carbocycles. The van der Waals surface area contributed by atoms with Crippen LogP contribution in [0.4, 0.5) is 0 Å². The third-order valence-electron chi connectivity index (χ3n) is 3.76. The molecular weight excluding hydrogens is 282 g/mol. The van der Waals surface area contributed by atoms with Gasteiger partial charge in [0.15, 0.2) is 0 Å². The standard InChI is InChI=1S/C17H15NO4/c1-10-8-13-14(15(19)11(2)17(21)22-13)16(20)18(10)9-12-6-4-3-5-7-12/h3-8,19H,9H2,1-2H3. The van der Waals surface area contributed by atoms with Crippen LogP contribution in [0.15, 0.2) is 50.4 Å². The van der Waals surface area contributed by atoms with Crippen LogP contribution in [0.1, 0.15) is 16.8 Å². The number of aromatic hydroxyl groups is 1. The number of aryl methyl sites for hydroxylation is 1. The van der Waals surface area contributed by atoms with E-state index in [1.807, 2.05) is 30.3 Å². The molecule has 5 heteroatoms. The first-order valence-electron chi connectivity index (χ1n) is 6.90. The highest BCUT2D eigenvalue weighted by molar-refractivity contribution is 5.83. The third kappa shape index (κ3) is 2.20. The molecule has 0 saturated heterocycles. The lowest BCUT2D eigenvalue weighted by Crippen LogP contribution is -2.24. The molecular formula is C17H15NO4. The summed E-state index contributed by atoms with van der Waals surface area (Å²) >= 11 is 0. The van der Waals surface area contributed by atoms with Gasteiger partial charge in [0.05, 0.1) is 12.1 Å². The van der Waals surface area contributed by atoms with Crippen molar-refractivity contribution in [2.75, 3.05) is 0 Å². The highest BCUT2D eigenvalue weighted by Gasteiger charge is 2.16. The largest absolute Gasteiger partial charge is 0.506 e. The van der Waals surface area contributed by atoms with Gasteiger partial charge in [-0.25, -0.2) is 4.79 Å². The van der Waals surface area contributed by atoms with E-state index in [9.17, 15) is 14.7 Å². The molecule has 112 valence electrons. The molecule has 1 N–H and O–H groups in total. The van der Waals surface area contributed by atoms with E-state index in [4.69, 9.17) is 4.42 Å². The van der Waals surface area contributed by atoms with E-state index in [1.165, 1.54) is 6.92 Å². The molecule has 0 bridgehead atoms. The van der Waals surface area contributed by atoms with E-state index in [1.54, 1.807) is 17.6 Å². The normalized spacial score (nSPS) is 11.0. The van der Waals surface area contributed by atoms with Crippen molar-refractivity contribution in [1.82, 2.24) is 4.57 Å². The number of benzene rings is 1. The van der Waals surface area contributed by atoms with Crippen LogP contribution in [0.3, 0.4) is 0 Å². The molecule has 5 nitrogen and oxygen atoms in total. The zero-order valence-corrected chi connectivity index (χ0v) is 12.3. The quantitative estimate of drug-likeness (QED) is 0.788. The van der Waals surface area contributed by atoms with Crippen LogP contribution in [0.2, 0.25) is 0 Å². The van der Waals surface area contributed by atoms with Crippen molar-refractivity contribution in [3.05, 3.63) is 74.0 Å². The molecule has 0 spiro atoms. The number of rotatable bonds is 2. The van der Waals surface area contributed by atoms with Crippen LogP contribution in [-0.4, -0.2) is 9.67 Å². The van der Waals surface area contributed by atoms with E-state index < -0.39 is 5.63 Å². The fraction of sp³-hybridized carbons (Fsp3) is 0.176. The monoisotopic (exact) mass is 297 g/mol. The third-order valence-corrected chi connectivity index (χ3v) is 3.76. The van der Waals surface area contributed by atoms with Gasteiger partial charge in [-0.15, -0.1) is 0 Å². The minimum Gasteiger partial charge on any atom is -0.506 e. The maximum absolute atomic E-state index is 12.7. The summed E-state index contributed by atoms with van der Waals surface area (Å²) in [7, 11) is 0. The molecule has 0 atom stereocenters. The molecule has 3 rings (SSSR count). The van der Waals surface area contributed by atoms with Crippen LogP contribution < -0.4 is 11.2 Å². The van der Waals surface area contributed by atoms with Gasteiger partial charge in [0, 0.05) is 11.8 Å². The van der Waals surface area contributed by atoms with Crippen LogP contribution in [0, 0.1) is 13.8 Å². The number of hydrogen-bond donors (Lipinski definition) is 1. The molecule has 2 aromatic heterocycles. The Morgan fingerprint density at radius 1 is 1.14 bits per heavy atom. The maximum Gasteiger partial charge on any atom is 0.342 e. The molecule has 0 saturated carbocycles. The minimum atomic E-state index is -0.635. The molecule has 0 aliphatic heterocycles. The highest BCUT2D eigenvalue weighted by Crippen LogP contribution is 2.23. The Balaban J connectivity index is 2.29. The van der Waals surface area contributed by atoms with E-state index in [2.05, 4.69) is 0 Å². The molecule has 0 amide bonds. The first kappa shape index (κ1) is 14.1. The van der Waals surface area contributed by atoms with Crippen LogP contribution in [0.25, 0.3) is 11.0 Å². The molecule has 0 aliphatic carbocycles. The molecule has 2 heterocycles. The number of pyridine rings is 1. The Labute approximate surface area is 126 Å². The second-order valence-electron chi connectivity index (χ2n) is 5.26. The lowest BCUT2D eigenvalue weighted by Gasteiger charge is -2.12. The smallest absolute Gasteiger partial charge is 0.342 e. The summed E-state index contributed by atoms with van der Waals surface area (Å²) in [5.41, 5.74) is 0.779. The molecule has 3 aromatic rings. The summed E-state index contributed by atoms with van der Waals surface area (Å²) in [5, 5.41) is 10.2. The maximum atomic E-state index is 12.7. The SMILES string of the molecule is Cc1c(O)c2c(=O)n(Cc3ccccc3)c(C)cc2oc1=O. The van der Waals surface area contributed by atoms with E-state index in [-0.39, 0.29) is 27.8 Å². The summed E-state index contributed by atoms with van der Waals surface area (Å²) < 4.78 is 6.66. The predicted octanol–water partition coefficient (Wildman–Crippen LogP) is 2.33. The van der Waals surface area contributed by atoms with Gasteiger partial charge in [0.2, 0.25) is 0 Å². The second-order valence-corrected chi connectivity index (χ2v) is 5.26. The molecule has 22 heavy (non-hydrogen) atoms. The lowest BCUT2D eigenvalue weighted by atomic mass is 10.1. The Morgan fingerprint density at radius 2 is 1.82 bits per heavy atom. The van der Waals surface area contributed by atoms with Crippen molar-refractivity contribution in [2.45, 2.75) is 20.4 Å². The first-order valence-corrected chi connectivity index (χ1v) is 6.90. The van der Waals surface area contributed by atoms with E-state index in [0.29, 0.717) is 12.2 Å². The van der Waals surface area contributed by atoms with Gasteiger partial charge in [-0.05, 0) is 19.4 Å².